The molecule has 1 aromatic carbocycles. The van der Waals surface area contributed by atoms with Crippen molar-refractivity contribution in [2.75, 3.05) is 24.2 Å². The van der Waals surface area contributed by atoms with Gasteiger partial charge in [-0.15, -0.1) is 0 Å². The Kier molecular flexibility index (Phi) is 9.14. The Balaban J connectivity index is 1.58. The third-order valence-electron chi connectivity index (χ3n) is 6.68. The molecule has 1 saturated heterocycles. The number of halogens is 2. The minimum absolute atomic E-state index is 0.0232. The second kappa shape index (κ2) is 12.1. The molecule has 41 heavy (non-hydrogen) atoms. The molecule has 3 heterocycles. The summed E-state index contributed by atoms with van der Waals surface area (Å²) in [5.74, 6) is -0.940. The smallest absolute Gasteiger partial charge is 0.380 e. The predicted molar refractivity (Wildman–Crippen MR) is 151 cm³/mol. The minimum Gasteiger partial charge on any atom is -0.424 e. The Bertz CT molecular complexity index is 1500. The summed E-state index contributed by atoms with van der Waals surface area (Å²) in [5, 5.41) is 10.8. The van der Waals surface area contributed by atoms with Crippen LogP contribution in [0.25, 0.3) is 11.2 Å². The van der Waals surface area contributed by atoms with Gasteiger partial charge in [0.05, 0.1) is 19.1 Å². The Morgan fingerprint density at radius 1 is 1.29 bits per heavy atom. The van der Waals surface area contributed by atoms with Gasteiger partial charge in [0.2, 0.25) is 10.5 Å². The fourth-order valence-corrected chi connectivity index (χ4v) is 6.90. The van der Waals surface area contributed by atoms with Gasteiger partial charge in [-0.1, -0.05) is 25.1 Å². The molecular formula is C25H31BrFN6O7P. The van der Waals surface area contributed by atoms with Crippen molar-refractivity contribution in [1.82, 2.24) is 19.5 Å². The van der Waals surface area contributed by atoms with Gasteiger partial charge in [0.25, 0.3) is 0 Å². The third kappa shape index (κ3) is 6.75. The number of imidazole rings is 1. The molecule has 3 aromatic rings. The van der Waals surface area contributed by atoms with Crippen LogP contribution in [0.2, 0.25) is 0 Å². The van der Waals surface area contributed by atoms with Gasteiger partial charge in [0, 0.05) is 12.3 Å². The third-order valence-corrected chi connectivity index (χ3v) is 9.55. The van der Waals surface area contributed by atoms with Gasteiger partial charge in [0.15, 0.2) is 17.7 Å². The SMILES string of the molecule is CC(=O)CCc1ccccc1OP(=O)(C[C@@H](C)C(C)=O)OC[C@H]1O[C@@H](n2cnc3c(N)nc(N)nc32)[C@@](F)(Br)C1O. The quantitative estimate of drug-likeness (QED) is 0.190. The molecule has 16 heteroatoms. The van der Waals surface area contributed by atoms with Crippen LogP contribution in [0.3, 0.4) is 0 Å². The molecule has 1 aliphatic heterocycles. The van der Waals surface area contributed by atoms with Crippen LogP contribution in [-0.2, 0) is 29.8 Å². The molecule has 0 bridgehead atoms. The Morgan fingerprint density at radius 3 is 2.68 bits per heavy atom. The van der Waals surface area contributed by atoms with E-state index in [1.165, 1.54) is 24.7 Å². The van der Waals surface area contributed by atoms with Crippen molar-refractivity contribution < 1.29 is 37.4 Å². The van der Waals surface area contributed by atoms with E-state index < -0.39 is 43.1 Å². The van der Waals surface area contributed by atoms with Gasteiger partial charge in [-0.2, -0.15) is 9.97 Å². The number of nitrogens with zero attached hydrogens (tertiary/aromatic N) is 4. The van der Waals surface area contributed by atoms with Gasteiger partial charge >= 0.3 is 7.60 Å². The fourth-order valence-electron chi connectivity index (χ4n) is 4.26. The molecule has 0 aliphatic carbocycles. The van der Waals surface area contributed by atoms with E-state index in [1.807, 2.05) is 0 Å². The number of hydrogen-bond donors (Lipinski definition) is 3. The van der Waals surface area contributed by atoms with Crippen LogP contribution < -0.4 is 16.0 Å². The number of nitrogen functional groups attached to an aromatic ring is 2. The molecule has 222 valence electrons. The summed E-state index contributed by atoms with van der Waals surface area (Å²) in [6, 6.07) is 6.72. The summed E-state index contributed by atoms with van der Waals surface area (Å²) in [5.41, 5.74) is 12.4. The molecular weight excluding hydrogens is 626 g/mol. The van der Waals surface area contributed by atoms with Crippen molar-refractivity contribution in [2.45, 2.75) is 56.6 Å². The summed E-state index contributed by atoms with van der Waals surface area (Å²) in [6.45, 7) is 3.84. The Morgan fingerprint density at radius 2 is 2.00 bits per heavy atom. The van der Waals surface area contributed by atoms with Crippen LogP contribution >= 0.6 is 23.5 Å². The average molecular weight is 657 g/mol. The number of para-hydroxylation sites is 1. The first-order valence-electron chi connectivity index (χ1n) is 12.7. The first-order valence-corrected chi connectivity index (χ1v) is 15.2. The van der Waals surface area contributed by atoms with Gasteiger partial charge in [0.1, 0.15) is 35.0 Å². The molecule has 0 amide bonds. The van der Waals surface area contributed by atoms with Crippen molar-refractivity contribution in [1.29, 1.82) is 0 Å². The van der Waals surface area contributed by atoms with Crippen LogP contribution in [-0.4, -0.2) is 65.7 Å². The molecule has 0 saturated carbocycles. The van der Waals surface area contributed by atoms with Gasteiger partial charge in [-0.3, -0.25) is 13.9 Å². The maximum Gasteiger partial charge on any atom is 0.380 e. The van der Waals surface area contributed by atoms with Crippen LogP contribution in [0, 0.1) is 5.92 Å². The molecule has 1 fully saturated rings. The number of benzene rings is 1. The highest BCUT2D eigenvalue weighted by Gasteiger charge is 2.57. The van der Waals surface area contributed by atoms with E-state index in [0.29, 0.717) is 12.0 Å². The van der Waals surface area contributed by atoms with E-state index in [4.69, 9.17) is 25.3 Å². The largest absolute Gasteiger partial charge is 0.424 e. The summed E-state index contributed by atoms with van der Waals surface area (Å²) in [7, 11) is -4.09. The molecule has 6 atom stereocenters. The van der Waals surface area contributed by atoms with E-state index in [0.717, 1.165) is 0 Å². The van der Waals surface area contributed by atoms with Crippen LogP contribution in [0.4, 0.5) is 16.2 Å². The van der Waals surface area contributed by atoms with Crippen LogP contribution in [0.5, 0.6) is 5.75 Å². The zero-order valence-electron chi connectivity index (χ0n) is 22.6. The molecule has 13 nitrogen and oxygen atoms in total. The number of carbonyl (C=O) groups excluding carboxylic acids is 2. The second-order valence-corrected chi connectivity index (χ2v) is 13.2. The molecule has 2 aromatic heterocycles. The minimum atomic E-state index is -4.09. The summed E-state index contributed by atoms with van der Waals surface area (Å²) < 4.78 is 45.9. The van der Waals surface area contributed by atoms with Gasteiger partial charge in [-0.25, -0.2) is 13.9 Å². The molecule has 0 spiro atoms. The summed E-state index contributed by atoms with van der Waals surface area (Å²) in [6.07, 6.45) is -3.13. The van der Waals surface area contributed by atoms with E-state index >= 15 is 4.39 Å². The maximum absolute atomic E-state index is 15.9. The number of hydrogen-bond acceptors (Lipinski definition) is 12. The zero-order valence-corrected chi connectivity index (χ0v) is 25.0. The number of aliphatic hydroxyl groups is 1. The fraction of sp³-hybridized carbons (Fsp3) is 0.480. The number of ketones is 2. The van der Waals surface area contributed by atoms with Crippen molar-refractivity contribution >= 4 is 58.0 Å². The van der Waals surface area contributed by atoms with Gasteiger partial charge < -0.3 is 30.6 Å². The molecule has 4 rings (SSSR count). The number of rotatable bonds is 12. The number of nitrogens with two attached hydrogens (primary N) is 2. The first kappa shape index (κ1) is 31.0. The summed E-state index contributed by atoms with van der Waals surface area (Å²) in [4.78, 5) is 35.5. The number of fused-ring (bicyclic) bond motifs is 1. The number of Topliss-reactive ketones (excluding diaryl/α,β-unsaturated/α-hetero) is 2. The lowest BCUT2D eigenvalue weighted by atomic mass is 10.1. The van der Waals surface area contributed by atoms with E-state index in [1.54, 1.807) is 31.2 Å². The molecule has 2 unspecified atom stereocenters. The number of alkyl halides is 2. The highest BCUT2D eigenvalue weighted by molar-refractivity contribution is 9.10. The highest BCUT2D eigenvalue weighted by Crippen LogP contribution is 2.53. The van der Waals surface area contributed by atoms with Crippen LogP contribution in [0.15, 0.2) is 30.6 Å². The number of aryl methyl sites for hydroxylation is 1. The normalized spacial score (nSPS) is 24.7. The highest BCUT2D eigenvalue weighted by atomic mass is 79.9. The average Bonchev–Trinajstić information content (AvgIpc) is 3.40. The van der Waals surface area contributed by atoms with Gasteiger partial charge in [-0.05, 0) is 47.8 Å². The second-order valence-electron chi connectivity index (χ2n) is 9.94. The van der Waals surface area contributed by atoms with Crippen LogP contribution in [0.1, 0.15) is 39.0 Å². The Labute approximate surface area is 243 Å². The van der Waals surface area contributed by atoms with E-state index in [2.05, 4.69) is 30.9 Å². The molecule has 0 radical (unpaired) electrons. The van der Waals surface area contributed by atoms with E-state index in [-0.39, 0.29) is 52.8 Å². The molecule has 5 N–H and O–H groups in total. The number of aromatic nitrogens is 4. The maximum atomic E-state index is 15.9. The topological polar surface area (TPSA) is 195 Å². The van der Waals surface area contributed by atoms with Crippen molar-refractivity contribution in [2.24, 2.45) is 5.92 Å². The van der Waals surface area contributed by atoms with E-state index in [9.17, 15) is 19.3 Å². The monoisotopic (exact) mass is 656 g/mol. The lowest BCUT2D eigenvalue weighted by Crippen LogP contribution is -2.38. The zero-order chi connectivity index (χ0) is 30.1. The van der Waals surface area contributed by atoms with Crippen molar-refractivity contribution in [3.63, 3.8) is 0 Å². The number of anilines is 2. The number of ether oxygens (including phenoxy) is 1. The lowest BCUT2D eigenvalue weighted by molar-refractivity contribution is -0.120. The number of aliphatic hydroxyl groups excluding tert-OH is 1. The number of carbonyl (C=O) groups is 2. The first-order chi connectivity index (χ1) is 19.2. The van der Waals surface area contributed by atoms with Crippen molar-refractivity contribution in [3.05, 3.63) is 36.2 Å². The Hall–Kier alpha value is -2.97. The molecule has 1 aliphatic rings. The standard InChI is InChI=1S/C25H31BrFN6O7P/c1-13(15(3)35)11-41(37,40-17-7-5-4-6-16(17)9-8-14(2)34)38-10-18-20(36)25(26,27)23(39-18)33-12-30-19-21(28)31-24(29)32-22(19)33/h4-7,12-13,18,20,23,36H,8-11H2,1-3H3,(H4,28,29,31,32)/t13-,18-,20?,23-,25-,41?/m1/s1. The lowest BCUT2D eigenvalue weighted by Gasteiger charge is -2.25. The predicted octanol–water partition coefficient (Wildman–Crippen LogP) is 3.35. The van der Waals surface area contributed by atoms with Crippen molar-refractivity contribution in [3.8, 4) is 5.75 Å². The summed E-state index contributed by atoms with van der Waals surface area (Å²) >= 11 is 2.91.